The Kier molecular flexibility index (Phi) is 4.40. The average Bonchev–Trinajstić information content (AvgIpc) is 2.81. The zero-order chi connectivity index (χ0) is 14.5. The Morgan fingerprint density at radius 2 is 2.20 bits per heavy atom. The van der Waals surface area contributed by atoms with Crippen LogP contribution in [-0.2, 0) is 4.79 Å². The van der Waals surface area contributed by atoms with E-state index in [1.807, 2.05) is 38.1 Å². The lowest BCUT2D eigenvalue weighted by molar-refractivity contribution is -0.122. The first-order chi connectivity index (χ1) is 9.58. The number of nitrogens with one attached hydrogen (secondary N) is 1. The first kappa shape index (κ1) is 14.1. The molecule has 0 aliphatic heterocycles. The van der Waals surface area contributed by atoms with Crippen LogP contribution in [0.25, 0.3) is 0 Å². The largest absolute Gasteiger partial charge is 0.481 e. The van der Waals surface area contributed by atoms with E-state index in [4.69, 9.17) is 9.26 Å². The van der Waals surface area contributed by atoms with E-state index >= 15 is 0 Å². The van der Waals surface area contributed by atoms with Crippen molar-refractivity contribution in [2.75, 3.05) is 5.32 Å². The maximum Gasteiger partial charge on any atom is 0.266 e. The molecule has 106 valence electrons. The molecule has 1 N–H and O–H groups in total. The Balaban J connectivity index is 2.02. The predicted octanol–water partition coefficient (Wildman–Crippen LogP) is 3.09. The number of ether oxygens (including phenoxy) is 1. The predicted molar refractivity (Wildman–Crippen MR) is 75.8 cm³/mol. The minimum Gasteiger partial charge on any atom is -0.481 e. The van der Waals surface area contributed by atoms with Crippen LogP contribution in [0.3, 0.4) is 0 Å². The van der Waals surface area contributed by atoms with Crippen LogP contribution in [0.4, 0.5) is 5.82 Å². The van der Waals surface area contributed by atoms with Crippen LogP contribution in [0.5, 0.6) is 5.75 Å². The molecule has 0 saturated heterocycles. The SMILES string of the molecule is CCC(Oc1cccc(C)c1)C(=O)Nc1cc(C)on1. The number of hydrogen-bond acceptors (Lipinski definition) is 4. The average molecular weight is 274 g/mol. The fourth-order valence-electron chi connectivity index (χ4n) is 1.81. The van der Waals surface area contributed by atoms with Crippen molar-refractivity contribution in [2.24, 2.45) is 0 Å². The van der Waals surface area contributed by atoms with Gasteiger partial charge in [0.1, 0.15) is 11.5 Å². The third-order valence-corrected chi connectivity index (χ3v) is 2.81. The number of amides is 1. The Hall–Kier alpha value is -2.30. The smallest absolute Gasteiger partial charge is 0.266 e. The normalized spacial score (nSPS) is 11.9. The first-order valence-corrected chi connectivity index (χ1v) is 6.56. The molecule has 0 aliphatic carbocycles. The molecule has 1 amide bonds. The van der Waals surface area contributed by atoms with Crippen molar-refractivity contribution in [3.8, 4) is 5.75 Å². The summed E-state index contributed by atoms with van der Waals surface area (Å²) in [6, 6.07) is 9.28. The molecule has 20 heavy (non-hydrogen) atoms. The molecule has 0 radical (unpaired) electrons. The quantitative estimate of drug-likeness (QED) is 0.910. The maximum atomic E-state index is 12.1. The lowest BCUT2D eigenvalue weighted by Gasteiger charge is -2.16. The van der Waals surface area contributed by atoms with Crippen molar-refractivity contribution in [3.05, 3.63) is 41.7 Å². The third-order valence-electron chi connectivity index (χ3n) is 2.81. The van der Waals surface area contributed by atoms with Crippen LogP contribution >= 0.6 is 0 Å². The van der Waals surface area contributed by atoms with Gasteiger partial charge in [0.05, 0.1) is 0 Å². The van der Waals surface area contributed by atoms with Gasteiger partial charge in [0, 0.05) is 6.07 Å². The molecule has 1 aromatic carbocycles. The molecular weight excluding hydrogens is 256 g/mol. The van der Waals surface area contributed by atoms with Crippen LogP contribution in [0.2, 0.25) is 0 Å². The van der Waals surface area contributed by atoms with E-state index in [0.717, 1.165) is 5.56 Å². The molecule has 2 rings (SSSR count). The summed E-state index contributed by atoms with van der Waals surface area (Å²) in [5, 5.41) is 6.41. The van der Waals surface area contributed by atoms with Gasteiger partial charge in [-0.25, -0.2) is 0 Å². The minimum atomic E-state index is -0.561. The van der Waals surface area contributed by atoms with Crippen LogP contribution in [0.15, 0.2) is 34.9 Å². The topological polar surface area (TPSA) is 64.4 Å². The van der Waals surface area contributed by atoms with Gasteiger partial charge >= 0.3 is 0 Å². The second kappa shape index (κ2) is 6.23. The summed E-state index contributed by atoms with van der Waals surface area (Å²) < 4.78 is 10.6. The Morgan fingerprint density at radius 1 is 1.40 bits per heavy atom. The second-order valence-corrected chi connectivity index (χ2v) is 4.64. The lowest BCUT2D eigenvalue weighted by Crippen LogP contribution is -2.32. The Bertz CT molecular complexity index is 592. The number of aryl methyl sites for hydroxylation is 2. The van der Waals surface area contributed by atoms with Crippen molar-refractivity contribution in [2.45, 2.75) is 33.3 Å². The van der Waals surface area contributed by atoms with Gasteiger partial charge in [0.25, 0.3) is 5.91 Å². The van der Waals surface area contributed by atoms with Gasteiger partial charge in [0.2, 0.25) is 0 Å². The molecule has 5 nitrogen and oxygen atoms in total. The third kappa shape index (κ3) is 3.60. The number of aromatic nitrogens is 1. The molecule has 1 heterocycles. The number of hydrogen-bond donors (Lipinski definition) is 1. The highest BCUT2D eigenvalue weighted by atomic mass is 16.5. The fourth-order valence-corrected chi connectivity index (χ4v) is 1.81. The molecule has 0 fully saturated rings. The highest BCUT2D eigenvalue weighted by Gasteiger charge is 2.19. The van der Waals surface area contributed by atoms with E-state index in [2.05, 4.69) is 10.5 Å². The molecule has 0 bridgehead atoms. The van der Waals surface area contributed by atoms with Crippen LogP contribution in [-0.4, -0.2) is 17.2 Å². The highest BCUT2D eigenvalue weighted by molar-refractivity contribution is 5.93. The van der Waals surface area contributed by atoms with Crippen molar-refractivity contribution in [1.82, 2.24) is 5.16 Å². The highest BCUT2D eigenvalue weighted by Crippen LogP contribution is 2.16. The van der Waals surface area contributed by atoms with Gasteiger partial charge in [-0.15, -0.1) is 0 Å². The van der Waals surface area contributed by atoms with E-state index < -0.39 is 6.10 Å². The fraction of sp³-hybridized carbons (Fsp3) is 0.333. The number of benzene rings is 1. The zero-order valence-electron chi connectivity index (χ0n) is 11.8. The first-order valence-electron chi connectivity index (χ1n) is 6.56. The molecule has 0 saturated carbocycles. The summed E-state index contributed by atoms with van der Waals surface area (Å²) in [5.41, 5.74) is 1.09. The van der Waals surface area contributed by atoms with Crippen LogP contribution < -0.4 is 10.1 Å². The number of rotatable bonds is 5. The molecule has 1 aromatic heterocycles. The van der Waals surface area contributed by atoms with E-state index in [-0.39, 0.29) is 5.91 Å². The zero-order valence-corrected chi connectivity index (χ0v) is 11.8. The maximum absolute atomic E-state index is 12.1. The minimum absolute atomic E-state index is 0.234. The second-order valence-electron chi connectivity index (χ2n) is 4.64. The lowest BCUT2D eigenvalue weighted by atomic mass is 10.2. The van der Waals surface area contributed by atoms with Gasteiger partial charge in [-0.05, 0) is 38.0 Å². The summed E-state index contributed by atoms with van der Waals surface area (Å²) >= 11 is 0. The number of nitrogens with zero attached hydrogens (tertiary/aromatic N) is 1. The van der Waals surface area contributed by atoms with E-state index in [9.17, 15) is 4.79 Å². The summed E-state index contributed by atoms with van der Waals surface area (Å²) in [7, 11) is 0. The van der Waals surface area contributed by atoms with Gasteiger partial charge in [-0.3, -0.25) is 4.79 Å². The summed E-state index contributed by atoms with van der Waals surface area (Å²) in [4.78, 5) is 12.1. The van der Waals surface area contributed by atoms with Crippen molar-refractivity contribution >= 4 is 11.7 Å². The number of carbonyl (C=O) groups excluding carboxylic acids is 1. The molecule has 2 aromatic rings. The van der Waals surface area contributed by atoms with Crippen LogP contribution in [0.1, 0.15) is 24.7 Å². The van der Waals surface area contributed by atoms with Gasteiger partial charge in [0.15, 0.2) is 11.9 Å². The van der Waals surface area contributed by atoms with Gasteiger partial charge < -0.3 is 14.6 Å². The van der Waals surface area contributed by atoms with E-state index in [1.165, 1.54) is 0 Å². The van der Waals surface area contributed by atoms with Crippen molar-refractivity contribution < 1.29 is 14.1 Å². The standard InChI is InChI=1S/C15H18N2O3/c1-4-13(19-12-7-5-6-10(2)8-12)15(18)16-14-9-11(3)20-17-14/h5-9,13H,4H2,1-3H3,(H,16,17,18). The molecular formula is C15H18N2O3. The van der Waals surface area contributed by atoms with E-state index in [0.29, 0.717) is 23.7 Å². The summed E-state index contributed by atoms with van der Waals surface area (Å²) in [6.07, 6.45) is 0.00479. The molecule has 1 unspecified atom stereocenters. The van der Waals surface area contributed by atoms with Crippen molar-refractivity contribution in [1.29, 1.82) is 0 Å². The monoisotopic (exact) mass is 274 g/mol. The van der Waals surface area contributed by atoms with Crippen molar-refractivity contribution in [3.63, 3.8) is 0 Å². The Labute approximate surface area is 117 Å². The van der Waals surface area contributed by atoms with Gasteiger partial charge in [-0.2, -0.15) is 0 Å². The summed E-state index contributed by atoms with van der Waals surface area (Å²) in [5.74, 6) is 1.50. The molecule has 0 spiro atoms. The number of carbonyl (C=O) groups is 1. The molecule has 1 atom stereocenters. The van der Waals surface area contributed by atoms with Gasteiger partial charge in [-0.1, -0.05) is 24.2 Å². The Morgan fingerprint density at radius 3 is 2.80 bits per heavy atom. The summed E-state index contributed by atoms with van der Waals surface area (Å²) in [6.45, 7) is 5.64. The molecule has 5 heteroatoms. The van der Waals surface area contributed by atoms with Crippen LogP contribution in [0, 0.1) is 13.8 Å². The number of anilines is 1. The van der Waals surface area contributed by atoms with E-state index in [1.54, 1.807) is 13.0 Å². The molecule has 0 aliphatic rings.